The Kier molecular flexibility index (Phi) is 3.14. The Labute approximate surface area is 102 Å². The highest BCUT2D eigenvalue weighted by Crippen LogP contribution is 2.39. The maximum atomic E-state index is 12.0. The Bertz CT molecular complexity index is 509. The standard InChI is InChI=1S/C12H16O4S/c1-3-9-12(4-2)15-10-7-5-6-8-11(10)17(13,14)16-12/h5-8H,3-4,9H2,1-2H3. The molecule has 0 aliphatic carbocycles. The normalized spacial score (nSPS) is 26.0. The minimum Gasteiger partial charge on any atom is -0.460 e. The zero-order valence-corrected chi connectivity index (χ0v) is 10.8. The third-order valence-corrected chi connectivity index (χ3v) is 4.24. The number of hydrogen-bond acceptors (Lipinski definition) is 4. The lowest BCUT2D eigenvalue weighted by Crippen LogP contribution is -2.43. The molecule has 1 heterocycles. The largest absolute Gasteiger partial charge is 0.460 e. The van der Waals surface area contributed by atoms with E-state index < -0.39 is 15.9 Å². The lowest BCUT2D eigenvalue weighted by Gasteiger charge is -2.36. The third kappa shape index (κ3) is 2.17. The zero-order valence-electron chi connectivity index (χ0n) is 9.97. The van der Waals surface area contributed by atoms with Crippen molar-refractivity contribution in [2.45, 2.75) is 43.8 Å². The Hall–Kier alpha value is -1.07. The molecule has 1 aliphatic rings. The molecular formula is C12H16O4S. The fraction of sp³-hybridized carbons (Fsp3) is 0.500. The number of para-hydroxylation sites is 1. The van der Waals surface area contributed by atoms with Crippen molar-refractivity contribution >= 4 is 10.1 Å². The Balaban J connectivity index is 2.50. The highest BCUT2D eigenvalue weighted by atomic mass is 32.2. The van der Waals surface area contributed by atoms with Gasteiger partial charge in [0, 0.05) is 12.8 Å². The highest BCUT2D eigenvalue weighted by molar-refractivity contribution is 7.87. The molecule has 5 heteroatoms. The van der Waals surface area contributed by atoms with E-state index in [4.69, 9.17) is 8.92 Å². The van der Waals surface area contributed by atoms with E-state index in [0.717, 1.165) is 6.42 Å². The van der Waals surface area contributed by atoms with Crippen LogP contribution in [0.25, 0.3) is 0 Å². The number of ether oxygens (including phenoxy) is 1. The van der Waals surface area contributed by atoms with Gasteiger partial charge in [-0.25, -0.2) is 4.18 Å². The summed E-state index contributed by atoms with van der Waals surface area (Å²) in [5.74, 6) is -0.656. The first-order valence-electron chi connectivity index (χ1n) is 5.77. The molecule has 1 aromatic rings. The maximum Gasteiger partial charge on any atom is 0.304 e. The quantitative estimate of drug-likeness (QED) is 0.780. The summed E-state index contributed by atoms with van der Waals surface area (Å²) in [6, 6.07) is 6.57. The lowest BCUT2D eigenvalue weighted by atomic mass is 10.1. The molecule has 0 amide bonds. The monoisotopic (exact) mass is 256 g/mol. The summed E-state index contributed by atoms with van der Waals surface area (Å²) in [5.41, 5.74) is 0. The molecule has 0 aromatic heterocycles. The first-order chi connectivity index (χ1) is 8.03. The van der Waals surface area contributed by atoms with Crippen molar-refractivity contribution in [3.63, 3.8) is 0 Å². The van der Waals surface area contributed by atoms with Crippen LogP contribution in [-0.2, 0) is 14.3 Å². The van der Waals surface area contributed by atoms with Gasteiger partial charge in [0.2, 0.25) is 5.79 Å². The second-order valence-electron chi connectivity index (χ2n) is 4.10. The van der Waals surface area contributed by atoms with Crippen molar-refractivity contribution in [1.82, 2.24) is 0 Å². The Morgan fingerprint density at radius 3 is 2.59 bits per heavy atom. The second-order valence-corrected chi connectivity index (χ2v) is 5.62. The van der Waals surface area contributed by atoms with E-state index in [0.29, 0.717) is 18.6 Å². The summed E-state index contributed by atoms with van der Waals surface area (Å²) in [4.78, 5) is 0.111. The van der Waals surface area contributed by atoms with Gasteiger partial charge in [-0.3, -0.25) is 0 Å². The van der Waals surface area contributed by atoms with Gasteiger partial charge in [-0.05, 0) is 18.6 Å². The molecule has 0 saturated carbocycles. The Morgan fingerprint density at radius 1 is 1.24 bits per heavy atom. The van der Waals surface area contributed by atoms with Crippen LogP contribution in [-0.4, -0.2) is 14.2 Å². The van der Waals surface area contributed by atoms with Crippen LogP contribution in [0.1, 0.15) is 33.1 Å². The van der Waals surface area contributed by atoms with Gasteiger partial charge in [0.15, 0.2) is 0 Å². The van der Waals surface area contributed by atoms with Gasteiger partial charge in [-0.2, -0.15) is 8.42 Å². The molecule has 94 valence electrons. The molecule has 2 rings (SSSR count). The molecule has 0 radical (unpaired) electrons. The molecular weight excluding hydrogens is 240 g/mol. The smallest absolute Gasteiger partial charge is 0.304 e. The zero-order chi connectivity index (χ0) is 12.5. The summed E-state index contributed by atoms with van der Waals surface area (Å²) in [5, 5.41) is 0. The van der Waals surface area contributed by atoms with E-state index in [1.54, 1.807) is 18.2 Å². The first-order valence-corrected chi connectivity index (χ1v) is 7.17. The van der Waals surface area contributed by atoms with Crippen LogP contribution in [0, 0.1) is 0 Å². The van der Waals surface area contributed by atoms with Gasteiger partial charge in [0.05, 0.1) is 0 Å². The number of benzene rings is 1. The number of rotatable bonds is 3. The molecule has 17 heavy (non-hydrogen) atoms. The minimum absolute atomic E-state index is 0.111. The van der Waals surface area contributed by atoms with Crippen LogP contribution in [0.2, 0.25) is 0 Å². The van der Waals surface area contributed by atoms with Crippen molar-refractivity contribution in [2.75, 3.05) is 0 Å². The van der Waals surface area contributed by atoms with E-state index in [-0.39, 0.29) is 4.90 Å². The summed E-state index contributed by atoms with van der Waals surface area (Å²) < 4.78 is 35.0. The third-order valence-electron chi connectivity index (χ3n) is 2.85. The van der Waals surface area contributed by atoms with Crippen molar-refractivity contribution in [3.05, 3.63) is 24.3 Å². The maximum absolute atomic E-state index is 12.0. The first kappa shape index (κ1) is 12.4. The average Bonchev–Trinajstić information content (AvgIpc) is 2.28. The van der Waals surface area contributed by atoms with E-state index in [1.807, 2.05) is 13.8 Å². The van der Waals surface area contributed by atoms with Crippen LogP contribution in [0.15, 0.2) is 29.2 Å². The Morgan fingerprint density at radius 2 is 1.94 bits per heavy atom. The molecule has 0 bridgehead atoms. The number of fused-ring (bicyclic) bond motifs is 1. The average molecular weight is 256 g/mol. The van der Waals surface area contributed by atoms with E-state index in [9.17, 15) is 8.42 Å². The van der Waals surface area contributed by atoms with Gasteiger partial charge in [0.1, 0.15) is 10.6 Å². The second kappa shape index (κ2) is 4.31. The van der Waals surface area contributed by atoms with Crippen LogP contribution < -0.4 is 4.74 Å². The van der Waals surface area contributed by atoms with Gasteiger partial charge in [-0.1, -0.05) is 26.0 Å². The minimum atomic E-state index is -3.71. The summed E-state index contributed by atoms with van der Waals surface area (Å²) >= 11 is 0. The molecule has 0 fully saturated rings. The predicted molar refractivity (Wildman–Crippen MR) is 63.3 cm³/mol. The van der Waals surface area contributed by atoms with Crippen molar-refractivity contribution < 1.29 is 17.3 Å². The lowest BCUT2D eigenvalue weighted by molar-refractivity contribution is -0.127. The van der Waals surface area contributed by atoms with Gasteiger partial charge >= 0.3 is 10.1 Å². The van der Waals surface area contributed by atoms with Crippen LogP contribution in [0.3, 0.4) is 0 Å². The van der Waals surface area contributed by atoms with Crippen LogP contribution in [0.5, 0.6) is 5.75 Å². The molecule has 0 spiro atoms. The van der Waals surface area contributed by atoms with E-state index in [1.165, 1.54) is 6.07 Å². The molecule has 1 unspecified atom stereocenters. The summed E-state index contributed by atoms with van der Waals surface area (Å²) in [7, 11) is -3.71. The van der Waals surface area contributed by atoms with Gasteiger partial charge in [-0.15, -0.1) is 0 Å². The SMILES string of the molecule is CCCC1(CC)Oc2ccccc2S(=O)(=O)O1. The molecule has 1 aromatic carbocycles. The predicted octanol–water partition coefficient (Wildman–Crippen LogP) is 2.69. The topological polar surface area (TPSA) is 52.6 Å². The van der Waals surface area contributed by atoms with Crippen LogP contribution >= 0.6 is 0 Å². The van der Waals surface area contributed by atoms with Crippen molar-refractivity contribution in [2.24, 2.45) is 0 Å². The highest BCUT2D eigenvalue weighted by Gasteiger charge is 2.43. The van der Waals surface area contributed by atoms with E-state index >= 15 is 0 Å². The molecule has 0 N–H and O–H groups in total. The van der Waals surface area contributed by atoms with Gasteiger partial charge in [0.25, 0.3) is 0 Å². The fourth-order valence-corrected chi connectivity index (χ4v) is 3.31. The molecule has 0 saturated heterocycles. The summed E-state index contributed by atoms with van der Waals surface area (Å²) in [6.45, 7) is 3.83. The van der Waals surface area contributed by atoms with Crippen LogP contribution in [0.4, 0.5) is 0 Å². The van der Waals surface area contributed by atoms with Crippen molar-refractivity contribution in [3.8, 4) is 5.75 Å². The molecule has 4 nitrogen and oxygen atoms in total. The molecule has 1 atom stereocenters. The molecule has 1 aliphatic heterocycles. The summed E-state index contributed by atoms with van der Waals surface area (Å²) in [6.07, 6.45) is 1.84. The van der Waals surface area contributed by atoms with Gasteiger partial charge < -0.3 is 4.74 Å². The van der Waals surface area contributed by atoms with Crippen molar-refractivity contribution in [1.29, 1.82) is 0 Å². The number of hydrogen-bond donors (Lipinski definition) is 0. The van der Waals surface area contributed by atoms with E-state index in [2.05, 4.69) is 0 Å². The fourth-order valence-electron chi connectivity index (χ4n) is 1.98.